The van der Waals surface area contributed by atoms with Gasteiger partial charge in [-0.15, -0.1) is 0 Å². The third kappa shape index (κ3) is 4.08. The van der Waals surface area contributed by atoms with Crippen LogP contribution in [-0.4, -0.2) is 29.7 Å². The fraction of sp³-hybridized carbons (Fsp3) is 0.417. The average Bonchev–Trinajstić information content (AvgIpc) is 2.75. The van der Waals surface area contributed by atoms with E-state index in [1.165, 1.54) is 6.08 Å². The lowest BCUT2D eigenvalue weighted by Gasteiger charge is -2.46. The van der Waals surface area contributed by atoms with Crippen LogP contribution in [0.5, 0.6) is 0 Å². The Morgan fingerprint density at radius 2 is 1.90 bits per heavy atom. The van der Waals surface area contributed by atoms with Gasteiger partial charge >= 0.3 is 6.03 Å². The molecule has 1 aliphatic heterocycles. The number of rotatable bonds is 3. The maximum Gasteiger partial charge on any atom is 0.321 e. The van der Waals surface area contributed by atoms with Gasteiger partial charge in [-0.1, -0.05) is 24.6 Å². The standard InChI is InChI=1S/C24H27ClFN3O/c1-24(13-14-27-22-12-7-18(26)15-21(22)24)16-3-10-20(11-4-16)29(2)23(30)28-19-8-5-17(25)6-9-19/h5-9,12-16,20-21H,3-4,10-11H2,1-2H3,(H,28,30)/t16-,20-,21?,24?. The minimum absolute atomic E-state index is 0.0278. The summed E-state index contributed by atoms with van der Waals surface area (Å²) in [6.45, 7) is 2.22. The van der Waals surface area contributed by atoms with Crippen molar-refractivity contribution in [2.45, 2.75) is 38.6 Å². The number of allylic oxidation sites excluding steroid dienone is 5. The molecule has 1 aromatic carbocycles. The van der Waals surface area contributed by atoms with E-state index in [0.29, 0.717) is 10.9 Å². The molecule has 30 heavy (non-hydrogen) atoms. The fourth-order valence-electron chi connectivity index (χ4n) is 4.96. The summed E-state index contributed by atoms with van der Waals surface area (Å²) >= 11 is 5.91. The van der Waals surface area contributed by atoms with Gasteiger partial charge in [0.1, 0.15) is 5.83 Å². The third-order valence-electron chi connectivity index (χ3n) is 6.93. The van der Waals surface area contributed by atoms with Crippen LogP contribution in [0.1, 0.15) is 32.6 Å². The van der Waals surface area contributed by atoms with Crippen molar-refractivity contribution in [1.82, 2.24) is 4.90 Å². The zero-order valence-corrected chi connectivity index (χ0v) is 18.1. The molecule has 2 unspecified atom stereocenters. The Balaban J connectivity index is 1.38. The highest BCUT2D eigenvalue weighted by Gasteiger charge is 2.44. The number of hydrogen-bond acceptors (Lipinski definition) is 2. The van der Waals surface area contributed by atoms with Gasteiger partial charge in [-0.05, 0) is 74.1 Å². The first-order valence-electron chi connectivity index (χ1n) is 10.5. The summed E-state index contributed by atoms with van der Waals surface area (Å²) in [6.07, 6.45) is 12.8. The van der Waals surface area contributed by atoms with Gasteiger partial charge in [0.05, 0.1) is 0 Å². The van der Waals surface area contributed by atoms with E-state index in [-0.39, 0.29) is 29.2 Å². The Kier molecular flexibility index (Phi) is 5.83. The molecule has 1 saturated carbocycles. The van der Waals surface area contributed by atoms with Crippen molar-refractivity contribution in [2.75, 3.05) is 12.4 Å². The molecule has 0 saturated heterocycles. The lowest BCUT2D eigenvalue weighted by molar-refractivity contribution is 0.117. The van der Waals surface area contributed by atoms with Crippen LogP contribution in [0, 0.1) is 17.3 Å². The SMILES string of the molecule is CN(C(=O)Nc1ccc(Cl)cc1)[C@H]1CC[C@H](C2(C)C=CN=C3C=CC(F)=CC32)CC1. The molecule has 6 heteroatoms. The predicted molar refractivity (Wildman–Crippen MR) is 120 cm³/mol. The zero-order chi connectivity index (χ0) is 21.3. The largest absolute Gasteiger partial charge is 0.325 e. The summed E-state index contributed by atoms with van der Waals surface area (Å²) < 4.78 is 14.0. The van der Waals surface area contributed by atoms with E-state index < -0.39 is 0 Å². The third-order valence-corrected chi connectivity index (χ3v) is 7.18. The van der Waals surface area contributed by atoms with Crippen molar-refractivity contribution in [3.8, 4) is 0 Å². The molecule has 0 spiro atoms. The van der Waals surface area contributed by atoms with Crippen LogP contribution in [0.15, 0.2) is 65.6 Å². The van der Waals surface area contributed by atoms with E-state index in [1.54, 1.807) is 41.3 Å². The Hall–Kier alpha value is -2.40. The molecule has 1 fully saturated rings. The van der Waals surface area contributed by atoms with Gasteiger partial charge in [0.25, 0.3) is 0 Å². The lowest BCUT2D eigenvalue weighted by atomic mass is 9.60. The molecule has 2 amide bonds. The van der Waals surface area contributed by atoms with Crippen LogP contribution in [-0.2, 0) is 0 Å². The summed E-state index contributed by atoms with van der Waals surface area (Å²) in [5.41, 5.74) is 1.51. The molecule has 1 aromatic rings. The summed E-state index contributed by atoms with van der Waals surface area (Å²) in [4.78, 5) is 18.9. The van der Waals surface area contributed by atoms with Crippen molar-refractivity contribution in [1.29, 1.82) is 0 Å². The van der Waals surface area contributed by atoms with E-state index in [9.17, 15) is 9.18 Å². The molecule has 2 aliphatic carbocycles. The first kappa shape index (κ1) is 20.9. The topological polar surface area (TPSA) is 44.7 Å². The van der Waals surface area contributed by atoms with E-state index in [1.807, 2.05) is 13.2 Å². The van der Waals surface area contributed by atoms with Gasteiger partial charge in [-0.25, -0.2) is 9.18 Å². The Morgan fingerprint density at radius 3 is 2.60 bits per heavy atom. The van der Waals surface area contributed by atoms with Crippen molar-refractivity contribution in [3.05, 3.63) is 65.6 Å². The first-order valence-corrected chi connectivity index (χ1v) is 10.8. The van der Waals surface area contributed by atoms with Gasteiger partial charge in [0.2, 0.25) is 0 Å². The quantitative estimate of drug-likeness (QED) is 0.597. The van der Waals surface area contributed by atoms with E-state index in [2.05, 4.69) is 23.3 Å². The molecule has 1 N–H and O–H groups in total. The van der Waals surface area contributed by atoms with Crippen LogP contribution >= 0.6 is 11.6 Å². The number of amides is 2. The van der Waals surface area contributed by atoms with Crippen LogP contribution in [0.3, 0.4) is 0 Å². The fourth-order valence-corrected chi connectivity index (χ4v) is 5.09. The molecule has 0 aromatic heterocycles. The zero-order valence-electron chi connectivity index (χ0n) is 17.3. The number of aliphatic imine (C=N–C) groups is 1. The lowest BCUT2D eigenvalue weighted by Crippen LogP contribution is -2.45. The minimum atomic E-state index is -0.187. The number of carbonyl (C=O) groups is 1. The summed E-state index contributed by atoms with van der Waals surface area (Å²) in [6, 6.07) is 7.20. The monoisotopic (exact) mass is 427 g/mol. The van der Waals surface area contributed by atoms with Crippen molar-refractivity contribution in [2.24, 2.45) is 22.2 Å². The Labute approximate surface area is 182 Å². The molecule has 4 rings (SSSR count). The number of carbonyl (C=O) groups excluding carboxylic acids is 1. The van der Waals surface area contributed by atoms with Gasteiger partial charge in [0.15, 0.2) is 0 Å². The second-order valence-electron chi connectivity index (χ2n) is 8.65. The number of hydrogen-bond donors (Lipinski definition) is 1. The summed E-state index contributed by atoms with van der Waals surface area (Å²) in [5.74, 6) is 0.205. The Bertz CT molecular complexity index is 928. The van der Waals surface area contributed by atoms with E-state index in [4.69, 9.17) is 11.6 Å². The minimum Gasteiger partial charge on any atom is -0.325 e. The maximum absolute atomic E-state index is 14.0. The van der Waals surface area contributed by atoms with Crippen LogP contribution in [0.4, 0.5) is 14.9 Å². The van der Waals surface area contributed by atoms with Gasteiger partial charge in [-0.3, -0.25) is 4.99 Å². The molecule has 3 aliphatic rings. The second-order valence-corrected chi connectivity index (χ2v) is 9.09. The van der Waals surface area contributed by atoms with Gasteiger partial charge < -0.3 is 10.2 Å². The van der Waals surface area contributed by atoms with Crippen molar-refractivity contribution in [3.63, 3.8) is 0 Å². The molecular formula is C24H27ClFN3O. The number of fused-ring (bicyclic) bond motifs is 1. The first-order chi connectivity index (χ1) is 14.4. The molecule has 2 atom stereocenters. The molecular weight excluding hydrogens is 401 g/mol. The second kappa shape index (κ2) is 8.38. The van der Waals surface area contributed by atoms with Crippen molar-refractivity contribution < 1.29 is 9.18 Å². The smallest absolute Gasteiger partial charge is 0.321 e. The number of benzene rings is 1. The number of nitrogens with one attached hydrogen (secondary N) is 1. The summed E-state index contributed by atoms with van der Waals surface area (Å²) in [5, 5.41) is 3.57. The number of anilines is 1. The maximum atomic E-state index is 14.0. The average molecular weight is 428 g/mol. The molecule has 0 bridgehead atoms. The highest BCUT2D eigenvalue weighted by atomic mass is 35.5. The Morgan fingerprint density at radius 1 is 1.20 bits per heavy atom. The highest BCUT2D eigenvalue weighted by Crippen LogP contribution is 2.49. The molecule has 1 heterocycles. The van der Waals surface area contributed by atoms with Crippen LogP contribution < -0.4 is 5.32 Å². The molecule has 158 valence electrons. The summed E-state index contributed by atoms with van der Waals surface area (Å²) in [7, 11) is 1.85. The predicted octanol–water partition coefficient (Wildman–Crippen LogP) is 6.38. The van der Waals surface area contributed by atoms with E-state index >= 15 is 0 Å². The van der Waals surface area contributed by atoms with Gasteiger partial charge in [-0.2, -0.15) is 0 Å². The van der Waals surface area contributed by atoms with Crippen molar-refractivity contribution >= 4 is 29.0 Å². The van der Waals surface area contributed by atoms with Crippen LogP contribution in [0.2, 0.25) is 5.02 Å². The van der Waals surface area contributed by atoms with Crippen LogP contribution in [0.25, 0.3) is 0 Å². The number of nitrogens with zero attached hydrogens (tertiary/aromatic N) is 2. The van der Waals surface area contributed by atoms with Gasteiger partial charge in [0, 0.05) is 47.0 Å². The highest BCUT2D eigenvalue weighted by molar-refractivity contribution is 6.30. The number of urea groups is 1. The molecule has 4 nitrogen and oxygen atoms in total. The normalized spacial score (nSPS) is 30.2. The molecule has 0 radical (unpaired) electrons. The number of halogens is 2. The van der Waals surface area contributed by atoms with E-state index in [0.717, 1.165) is 37.1 Å².